The zero-order valence-corrected chi connectivity index (χ0v) is 14.9. The second-order valence-electron chi connectivity index (χ2n) is 6.87. The molecule has 1 saturated heterocycles. The number of aromatic amines is 2. The predicted molar refractivity (Wildman–Crippen MR) is 101 cm³/mol. The van der Waals surface area contributed by atoms with Crippen molar-refractivity contribution >= 4 is 5.91 Å². The molecule has 1 atom stereocenters. The van der Waals surface area contributed by atoms with Gasteiger partial charge in [0.05, 0.1) is 6.20 Å². The summed E-state index contributed by atoms with van der Waals surface area (Å²) in [6.07, 6.45) is 4.63. The third-order valence-corrected chi connectivity index (χ3v) is 5.00. The molecule has 1 aromatic carbocycles. The molecule has 0 bridgehead atoms. The fourth-order valence-corrected chi connectivity index (χ4v) is 3.65. The van der Waals surface area contributed by atoms with E-state index in [0.29, 0.717) is 13.1 Å². The van der Waals surface area contributed by atoms with Crippen LogP contribution < -0.4 is 5.56 Å². The molecule has 0 aliphatic carbocycles. The lowest BCUT2D eigenvalue weighted by molar-refractivity contribution is 0.0698. The Bertz CT molecular complexity index is 959. The van der Waals surface area contributed by atoms with Crippen LogP contribution in [0.25, 0.3) is 0 Å². The minimum atomic E-state index is -0.314. The van der Waals surface area contributed by atoms with E-state index in [0.717, 1.165) is 25.0 Å². The van der Waals surface area contributed by atoms with Crippen LogP contribution in [0.4, 0.5) is 0 Å². The van der Waals surface area contributed by atoms with Crippen molar-refractivity contribution in [3.8, 4) is 0 Å². The third-order valence-electron chi connectivity index (χ3n) is 5.00. The maximum atomic E-state index is 12.7. The first kappa shape index (κ1) is 17.2. The average Bonchev–Trinajstić information content (AvgIpc) is 3.17. The first-order valence-corrected chi connectivity index (χ1v) is 9.12. The van der Waals surface area contributed by atoms with Gasteiger partial charge < -0.3 is 4.90 Å². The van der Waals surface area contributed by atoms with E-state index in [-0.39, 0.29) is 23.1 Å². The second-order valence-corrected chi connectivity index (χ2v) is 6.87. The monoisotopic (exact) mass is 363 g/mol. The summed E-state index contributed by atoms with van der Waals surface area (Å²) in [5.74, 6) is 0.0618. The molecule has 3 aromatic rings. The summed E-state index contributed by atoms with van der Waals surface area (Å²) < 4.78 is 0. The second kappa shape index (κ2) is 7.57. The summed E-state index contributed by atoms with van der Waals surface area (Å²) in [6, 6.07) is 13.1. The summed E-state index contributed by atoms with van der Waals surface area (Å²) >= 11 is 0. The summed E-state index contributed by atoms with van der Waals surface area (Å²) in [4.78, 5) is 25.7. The molecule has 138 valence electrons. The number of amides is 1. The van der Waals surface area contributed by atoms with E-state index in [1.165, 1.54) is 23.3 Å². The Morgan fingerprint density at radius 3 is 2.78 bits per heavy atom. The summed E-state index contributed by atoms with van der Waals surface area (Å²) in [5, 5.41) is 13.6. The Balaban J connectivity index is 1.50. The summed E-state index contributed by atoms with van der Waals surface area (Å²) in [5.41, 5.74) is 3.46. The fraction of sp³-hybridized carbons (Fsp3) is 0.300. The number of carbonyl (C=O) groups excluding carboxylic acids is 1. The van der Waals surface area contributed by atoms with E-state index >= 15 is 0 Å². The molecule has 1 aliphatic heterocycles. The van der Waals surface area contributed by atoms with Crippen LogP contribution in [-0.2, 0) is 6.42 Å². The minimum absolute atomic E-state index is 0.153. The first-order chi connectivity index (χ1) is 13.2. The molecule has 7 nitrogen and oxygen atoms in total. The smallest absolute Gasteiger partial charge is 0.274 e. The number of hydrogen-bond acceptors (Lipinski definition) is 4. The topological polar surface area (TPSA) is 94.7 Å². The van der Waals surface area contributed by atoms with Crippen molar-refractivity contribution in [1.82, 2.24) is 25.3 Å². The van der Waals surface area contributed by atoms with E-state index in [1.54, 1.807) is 0 Å². The quantitative estimate of drug-likeness (QED) is 0.742. The van der Waals surface area contributed by atoms with Crippen molar-refractivity contribution < 1.29 is 4.79 Å². The lowest BCUT2D eigenvalue weighted by Crippen LogP contribution is -2.40. The molecule has 2 aromatic heterocycles. The first-order valence-electron chi connectivity index (χ1n) is 9.12. The van der Waals surface area contributed by atoms with E-state index in [1.807, 2.05) is 29.3 Å². The Morgan fingerprint density at radius 2 is 2.00 bits per heavy atom. The molecule has 1 aliphatic rings. The predicted octanol–water partition coefficient (Wildman–Crippen LogP) is 2.10. The zero-order chi connectivity index (χ0) is 18.6. The maximum absolute atomic E-state index is 12.7. The molecular formula is C20H21N5O2. The number of likely N-dealkylation sites (tertiary alicyclic amines) is 1. The van der Waals surface area contributed by atoms with E-state index in [4.69, 9.17) is 0 Å². The van der Waals surface area contributed by atoms with Crippen LogP contribution in [0.2, 0.25) is 0 Å². The molecule has 0 spiro atoms. The molecule has 1 fully saturated rings. The molecule has 3 heterocycles. The SMILES string of the molecule is O=C(c1ccc(=O)[nH]n1)N1CCC[C@H](c2[nH]ncc2Cc2ccccc2)C1. The number of hydrogen-bond donors (Lipinski definition) is 2. The molecule has 1 amide bonds. The number of H-pyrrole nitrogens is 2. The number of carbonyl (C=O) groups is 1. The van der Waals surface area contributed by atoms with Gasteiger partial charge in [-0.05, 0) is 30.0 Å². The van der Waals surface area contributed by atoms with Gasteiger partial charge >= 0.3 is 0 Å². The molecule has 27 heavy (non-hydrogen) atoms. The van der Waals surface area contributed by atoms with Gasteiger partial charge in [0.2, 0.25) is 0 Å². The highest BCUT2D eigenvalue weighted by molar-refractivity contribution is 5.92. The molecule has 0 radical (unpaired) electrons. The van der Waals surface area contributed by atoms with Crippen LogP contribution in [0.15, 0.2) is 53.5 Å². The number of rotatable bonds is 4. The molecule has 0 saturated carbocycles. The number of nitrogens with one attached hydrogen (secondary N) is 2. The van der Waals surface area contributed by atoms with E-state index < -0.39 is 0 Å². The fourth-order valence-electron chi connectivity index (χ4n) is 3.65. The molecule has 4 rings (SSSR count). The van der Waals surface area contributed by atoms with Gasteiger partial charge in [-0.15, -0.1) is 0 Å². The maximum Gasteiger partial charge on any atom is 0.274 e. The van der Waals surface area contributed by atoms with Crippen molar-refractivity contribution in [2.45, 2.75) is 25.2 Å². The Morgan fingerprint density at radius 1 is 1.15 bits per heavy atom. The lowest BCUT2D eigenvalue weighted by Gasteiger charge is -2.32. The minimum Gasteiger partial charge on any atom is -0.337 e. The van der Waals surface area contributed by atoms with Crippen LogP contribution in [0.3, 0.4) is 0 Å². The number of piperidine rings is 1. The molecule has 2 N–H and O–H groups in total. The van der Waals surface area contributed by atoms with Crippen molar-refractivity contribution in [1.29, 1.82) is 0 Å². The van der Waals surface area contributed by atoms with Gasteiger partial charge in [-0.3, -0.25) is 14.7 Å². The standard InChI is InChI=1S/C20H21N5O2/c26-18-9-8-17(22-23-18)20(27)25-10-4-7-15(13-25)19-16(12-21-24-19)11-14-5-2-1-3-6-14/h1-3,5-6,8-9,12,15H,4,7,10-11,13H2,(H,21,24)(H,23,26)/t15-/m0/s1. The van der Waals surface area contributed by atoms with Gasteiger partial charge in [-0.1, -0.05) is 30.3 Å². The van der Waals surface area contributed by atoms with Gasteiger partial charge in [-0.2, -0.15) is 10.2 Å². The Labute approximate surface area is 156 Å². The average molecular weight is 363 g/mol. The molecule has 7 heteroatoms. The Hall–Kier alpha value is -3.22. The highest BCUT2D eigenvalue weighted by atomic mass is 16.2. The summed E-state index contributed by atoms with van der Waals surface area (Å²) in [6.45, 7) is 1.31. The highest BCUT2D eigenvalue weighted by Gasteiger charge is 2.28. The van der Waals surface area contributed by atoms with Crippen LogP contribution >= 0.6 is 0 Å². The molecular weight excluding hydrogens is 342 g/mol. The van der Waals surface area contributed by atoms with Crippen molar-refractivity contribution in [3.05, 3.63) is 81.5 Å². The third kappa shape index (κ3) is 3.81. The van der Waals surface area contributed by atoms with Crippen LogP contribution in [0.5, 0.6) is 0 Å². The van der Waals surface area contributed by atoms with Gasteiger partial charge in [-0.25, -0.2) is 5.10 Å². The largest absolute Gasteiger partial charge is 0.337 e. The zero-order valence-electron chi connectivity index (χ0n) is 14.9. The van der Waals surface area contributed by atoms with Crippen LogP contribution in [-0.4, -0.2) is 44.3 Å². The van der Waals surface area contributed by atoms with Crippen molar-refractivity contribution in [2.24, 2.45) is 0 Å². The Kier molecular flexibility index (Phi) is 4.82. The highest BCUT2D eigenvalue weighted by Crippen LogP contribution is 2.29. The van der Waals surface area contributed by atoms with E-state index in [2.05, 4.69) is 32.5 Å². The van der Waals surface area contributed by atoms with Crippen LogP contribution in [0.1, 0.15) is 46.1 Å². The summed E-state index contributed by atoms with van der Waals surface area (Å²) in [7, 11) is 0. The number of benzene rings is 1. The van der Waals surface area contributed by atoms with E-state index in [9.17, 15) is 9.59 Å². The van der Waals surface area contributed by atoms with Crippen LogP contribution in [0, 0.1) is 0 Å². The van der Waals surface area contributed by atoms with Crippen molar-refractivity contribution in [2.75, 3.05) is 13.1 Å². The number of nitrogens with zero attached hydrogens (tertiary/aromatic N) is 3. The normalized spacial score (nSPS) is 17.0. The lowest BCUT2D eigenvalue weighted by atomic mass is 9.90. The van der Waals surface area contributed by atoms with Gasteiger partial charge in [0.1, 0.15) is 5.69 Å². The number of aromatic nitrogens is 4. The molecule has 0 unspecified atom stereocenters. The van der Waals surface area contributed by atoms with Gasteiger partial charge in [0.25, 0.3) is 11.5 Å². The van der Waals surface area contributed by atoms with Gasteiger partial charge in [0.15, 0.2) is 0 Å². The van der Waals surface area contributed by atoms with Crippen molar-refractivity contribution in [3.63, 3.8) is 0 Å². The van der Waals surface area contributed by atoms with Gasteiger partial charge in [0, 0.05) is 37.2 Å².